The Kier molecular flexibility index (Phi) is 2.88. The van der Waals surface area contributed by atoms with E-state index in [1.807, 2.05) is 6.20 Å². The van der Waals surface area contributed by atoms with Crippen LogP contribution in [0, 0.1) is 0 Å². The summed E-state index contributed by atoms with van der Waals surface area (Å²) in [5.74, 6) is 1.29. The van der Waals surface area contributed by atoms with Gasteiger partial charge in [0.2, 0.25) is 0 Å². The number of hydrogen-bond donors (Lipinski definition) is 0. The van der Waals surface area contributed by atoms with Crippen LogP contribution in [0.5, 0.6) is 5.75 Å². The first-order valence-electron chi connectivity index (χ1n) is 6.66. The molecule has 0 saturated heterocycles. The van der Waals surface area contributed by atoms with E-state index in [2.05, 4.69) is 31.0 Å². The highest BCUT2D eigenvalue weighted by atomic mass is 79.9. The van der Waals surface area contributed by atoms with Crippen LogP contribution >= 0.6 is 15.9 Å². The number of ether oxygens (including phenoxy) is 1. The maximum atomic E-state index is 5.43. The fourth-order valence-corrected chi connectivity index (χ4v) is 2.68. The van der Waals surface area contributed by atoms with Crippen molar-refractivity contribution in [3.8, 4) is 17.0 Å². The molecule has 0 radical (unpaired) electrons. The molecule has 0 bridgehead atoms. The predicted molar refractivity (Wildman–Crippen MR) is 80.2 cm³/mol. The van der Waals surface area contributed by atoms with Gasteiger partial charge in [0.1, 0.15) is 4.60 Å². The fraction of sp³-hybridized carbons (Fsp3) is 0.286. The molecule has 106 valence electrons. The smallest absolute Gasteiger partial charge is 0.164 e. The molecule has 1 aliphatic rings. The quantitative estimate of drug-likeness (QED) is 0.730. The van der Waals surface area contributed by atoms with Crippen LogP contribution in [0.3, 0.4) is 0 Å². The van der Waals surface area contributed by atoms with Crippen molar-refractivity contribution in [1.82, 2.24) is 24.6 Å². The molecule has 1 aliphatic carbocycles. The second-order valence-electron chi connectivity index (χ2n) is 5.02. The third-order valence-electron chi connectivity index (χ3n) is 3.55. The van der Waals surface area contributed by atoms with Gasteiger partial charge in [-0.05, 0) is 28.8 Å². The summed E-state index contributed by atoms with van der Waals surface area (Å²) in [5, 5.41) is 4.35. The zero-order chi connectivity index (χ0) is 14.4. The Hall–Kier alpha value is -2.02. The monoisotopic (exact) mass is 345 g/mol. The summed E-state index contributed by atoms with van der Waals surface area (Å²) in [4.78, 5) is 13.3. The summed E-state index contributed by atoms with van der Waals surface area (Å²) < 4.78 is 7.84. The Balaban J connectivity index is 1.93. The summed E-state index contributed by atoms with van der Waals surface area (Å²) in [6, 6.07) is 0. The van der Waals surface area contributed by atoms with Gasteiger partial charge >= 0.3 is 0 Å². The third kappa shape index (κ3) is 2.17. The molecular formula is C14H12BrN5O. The third-order valence-corrected chi connectivity index (χ3v) is 3.93. The van der Waals surface area contributed by atoms with E-state index in [-0.39, 0.29) is 0 Å². The fourth-order valence-electron chi connectivity index (χ4n) is 2.37. The predicted octanol–water partition coefficient (Wildman–Crippen LogP) is 2.83. The second-order valence-corrected chi connectivity index (χ2v) is 5.83. The number of methoxy groups -OCH3 is 1. The second kappa shape index (κ2) is 4.77. The minimum Gasteiger partial charge on any atom is -0.493 e. The van der Waals surface area contributed by atoms with Crippen molar-refractivity contribution in [3.63, 3.8) is 0 Å². The maximum Gasteiger partial charge on any atom is 0.164 e. The van der Waals surface area contributed by atoms with Gasteiger partial charge in [-0.15, -0.1) is 0 Å². The molecule has 3 aromatic rings. The minimum absolute atomic E-state index is 0.501. The first-order chi connectivity index (χ1) is 10.3. The summed E-state index contributed by atoms with van der Waals surface area (Å²) in [7, 11) is 1.67. The Bertz CT molecular complexity index is 827. The van der Waals surface area contributed by atoms with Crippen LogP contribution in [0.25, 0.3) is 16.9 Å². The van der Waals surface area contributed by atoms with E-state index in [0.717, 1.165) is 28.3 Å². The molecule has 21 heavy (non-hydrogen) atoms. The van der Waals surface area contributed by atoms with Crippen molar-refractivity contribution in [2.24, 2.45) is 0 Å². The largest absolute Gasteiger partial charge is 0.493 e. The Morgan fingerprint density at radius 1 is 1.24 bits per heavy atom. The van der Waals surface area contributed by atoms with E-state index in [1.165, 1.54) is 12.8 Å². The molecule has 0 unspecified atom stereocenters. The first kappa shape index (κ1) is 12.7. The average Bonchev–Trinajstić information content (AvgIpc) is 3.26. The number of nitrogens with zero attached hydrogens (tertiary/aromatic N) is 5. The first-order valence-corrected chi connectivity index (χ1v) is 7.46. The molecule has 0 aliphatic heterocycles. The number of fused-ring (bicyclic) bond motifs is 1. The summed E-state index contributed by atoms with van der Waals surface area (Å²) in [6.07, 6.45) is 9.34. The Labute approximate surface area is 129 Å². The van der Waals surface area contributed by atoms with E-state index in [4.69, 9.17) is 9.72 Å². The summed E-state index contributed by atoms with van der Waals surface area (Å²) in [6.45, 7) is 0. The van der Waals surface area contributed by atoms with Gasteiger partial charge < -0.3 is 4.74 Å². The molecule has 3 aromatic heterocycles. The van der Waals surface area contributed by atoms with Gasteiger partial charge in [0.15, 0.2) is 11.4 Å². The van der Waals surface area contributed by atoms with Gasteiger partial charge in [-0.2, -0.15) is 5.10 Å². The van der Waals surface area contributed by atoms with Crippen LogP contribution in [-0.4, -0.2) is 31.7 Å². The van der Waals surface area contributed by atoms with Crippen LogP contribution in [0.1, 0.15) is 24.5 Å². The summed E-state index contributed by atoms with van der Waals surface area (Å²) in [5.41, 5.74) is 3.41. The van der Waals surface area contributed by atoms with Gasteiger partial charge in [0.25, 0.3) is 0 Å². The van der Waals surface area contributed by atoms with Crippen molar-refractivity contribution in [3.05, 3.63) is 35.1 Å². The highest BCUT2D eigenvalue weighted by molar-refractivity contribution is 9.10. The van der Waals surface area contributed by atoms with E-state index in [1.54, 1.807) is 30.2 Å². The lowest BCUT2D eigenvalue weighted by Crippen LogP contribution is -2.00. The van der Waals surface area contributed by atoms with Crippen LogP contribution in [0.2, 0.25) is 0 Å². The van der Waals surface area contributed by atoms with Gasteiger partial charge in [-0.25, -0.2) is 14.5 Å². The lowest BCUT2D eigenvalue weighted by atomic mass is 10.2. The Morgan fingerprint density at radius 3 is 2.81 bits per heavy atom. The molecule has 0 atom stereocenters. The molecule has 6 nitrogen and oxygen atoms in total. The number of halogens is 1. The molecule has 1 saturated carbocycles. The highest BCUT2D eigenvalue weighted by Crippen LogP contribution is 2.43. The maximum absolute atomic E-state index is 5.43. The molecule has 0 spiro atoms. The van der Waals surface area contributed by atoms with E-state index < -0.39 is 0 Å². The minimum atomic E-state index is 0.501. The van der Waals surface area contributed by atoms with Crippen molar-refractivity contribution in [2.45, 2.75) is 18.8 Å². The van der Waals surface area contributed by atoms with E-state index in [0.29, 0.717) is 10.5 Å². The van der Waals surface area contributed by atoms with Crippen LogP contribution in [0.4, 0.5) is 0 Å². The molecule has 7 heteroatoms. The van der Waals surface area contributed by atoms with Crippen molar-refractivity contribution in [1.29, 1.82) is 0 Å². The van der Waals surface area contributed by atoms with Gasteiger partial charge in [0, 0.05) is 5.92 Å². The number of rotatable bonds is 3. The van der Waals surface area contributed by atoms with Crippen molar-refractivity contribution >= 4 is 21.6 Å². The van der Waals surface area contributed by atoms with Gasteiger partial charge in [-0.1, -0.05) is 0 Å². The van der Waals surface area contributed by atoms with Crippen LogP contribution in [-0.2, 0) is 0 Å². The van der Waals surface area contributed by atoms with Crippen LogP contribution in [0.15, 0.2) is 29.4 Å². The lowest BCUT2D eigenvalue weighted by Gasteiger charge is -2.07. The SMILES string of the molecule is COc1cn2ncc(-c3cncc(Br)n3)c2nc1C1CC1. The number of hydrogen-bond acceptors (Lipinski definition) is 5. The Morgan fingerprint density at radius 2 is 2.10 bits per heavy atom. The molecule has 3 heterocycles. The topological polar surface area (TPSA) is 65.2 Å². The zero-order valence-electron chi connectivity index (χ0n) is 11.3. The van der Waals surface area contributed by atoms with Crippen molar-refractivity contribution < 1.29 is 4.74 Å². The van der Waals surface area contributed by atoms with E-state index in [9.17, 15) is 0 Å². The van der Waals surface area contributed by atoms with Gasteiger partial charge in [-0.3, -0.25) is 4.98 Å². The molecule has 0 N–H and O–H groups in total. The lowest BCUT2D eigenvalue weighted by molar-refractivity contribution is 0.403. The standard InChI is InChI=1S/C14H12BrN5O/c1-21-11-7-20-14(19-13(11)8-2-3-8)9(4-17-20)10-5-16-6-12(15)18-10/h4-8H,2-3H2,1H3. The molecule has 0 aromatic carbocycles. The molecule has 4 rings (SSSR count). The normalized spacial score (nSPS) is 14.6. The molecule has 0 amide bonds. The highest BCUT2D eigenvalue weighted by Gasteiger charge is 2.29. The number of aromatic nitrogens is 5. The molecular weight excluding hydrogens is 334 g/mol. The van der Waals surface area contributed by atoms with Crippen LogP contribution < -0.4 is 4.74 Å². The van der Waals surface area contributed by atoms with E-state index >= 15 is 0 Å². The average molecular weight is 346 g/mol. The van der Waals surface area contributed by atoms with Gasteiger partial charge in [0.05, 0.1) is 48.8 Å². The molecule has 1 fully saturated rings. The summed E-state index contributed by atoms with van der Waals surface area (Å²) >= 11 is 3.34. The zero-order valence-corrected chi connectivity index (χ0v) is 12.9. The van der Waals surface area contributed by atoms with Crippen molar-refractivity contribution in [2.75, 3.05) is 7.11 Å².